The fourth-order valence-corrected chi connectivity index (χ4v) is 4.49. The van der Waals surface area contributed by atoms with Crippen molar-refractivity contribution < 1.29 is 22.3 Å². The highest BCUT2D eigenvalue weighted by Gasteiger charge is 2.42. The van der Waals surface area contributed by atoms with Crippen molar-refractivity contribution in [3.63, 3.8) is 0 Å². The standard InChI is InChI=1S/C16H18FNO4S/c17-14-3-1-13(2-4-14)9-16(12-19)6-7-18(11-16)23(20,21)15-5-8-22-10-15/h1-5,8,10,19H,6-7,9,11-12H2. The Labute approximate surface area is 134 Å². The highest BCUT2D eigenvalue weighted by atomic mass is 32.2. The zero-order valence-corrected chi connectivity index (χ0v) is 13.3. The van der Waals surface area contributed by atoms with E-state index in [1.807, 2.05) is 0 Å². The van der Waals surface area contributed by atoms with Gasteiger partial charge in [0, 0.05) is 18.5 Å². The molecule has 1 atom stereocenters. The second-order valence-corrected chi connectivity index (χ2v) is 7.95. The molecule has 124 valence electrons. The summed E-state index contributed by atoms with van der Waals surface area (Å²) in [6, 6.07) is 7.49. The summed E-state index contributed by atoms with van der Waals surface area (Å²) >= 11 is 0. The Morgan fingerprint density at radius 1 is 1.26 bits per heavy atom. The van der Waals surface area contributed by atoms with Crippen LogP contribution in [-0.2, 0) is 16.4 Å². The summed E-state index contributed by atoms with van der Waals surface area (Å²) < 4.78 is 44.3. The number of benzene rings is 1. The van der Waals surface area contributed by atoms with Crippen LogP contribution in [-0.4, -0.2) is 37.5 Å². The SMILES string of the molecule is O=S(=O)(c1ccoc1)N1CCC(CO)(Cc2ccc(F)cc2)C1. The first-order chi connectivity index (χ1) is 11.0. The number of aliphatic hydroxyl groups is 1. The maximum Gasteiger partial charge on any atom is 0.246 e. The van der Waals surface area contributed by atoms with Crippen LogP contribution in [0, 0.1) is 11.2 Å². The Hall–Kier alpha value is -1.70. The zero-order chi connectivity index (χ0) is 16.5. The van der Waals surface area contributed by atoms with Gasteiger partial charge in [-0.3, -0.25) is 0 Å². The normalized spacial score (nSPS) is 22.5. The number of aliphatic hydroxyl groups excluding tert-OH is 1. The van der Waals surface area contributed by atoms with Crippen molar-refractivity contribution in [1.29, 1.82) is 0 Å². The molecule has 0 bridgehead atoms. The van der Waals surface area contributed by atoms with Crippen molar-refractivity contribution in [3.8, 4) is 0 Å². The molecule has 1 saturated heterocycles. The van der Waals surface area contributed by atoms with Crippen molar-refractivity contribution >= 4 is 10.0 Å². The van der Waals surface area contributed by atoms with Gasteiger partial charge in [-0.1, -0.05) is 12.1 Å². The summed E-state index contributed by atoms with van der Waals surface area (Å²) in [5, 5.41) is 9.83. The number of nitrogens with zero attached hydrogens (tertiary/aromatic N) is 1. The molecular weight excluding hydrogens is 321 g/mol. The number of furan rings is 1. The van der Waals surface area contributed by atoms with Gasteiger partial charge in [0.15, 0.2) is 0 Å². The molecule has 23 heavy (non-hydrogen) atoms. The lowest BCUT2D eigenvalue weighted by Gasteiger charge is -2.27. The number of hydrogen-bond donors (Lipinski definition) is 1. The fourth-order valence-electron chi connectivity index (χ4n) is 3.01. The highest BCUT2D eigenvalue weighted by Crippen LogP contribution is 2.36. The maximum atomic E-state index is 13.0. The maximum absolute atomic E-state index is 13.0. The molecule has 1 aromatic heterocycles. The molecule has 2 heterocycles. The van der Waals surface area contributed by atoms with Crippen molar-refractivity contribution in [1.82, 2.24) is 4.31 Å². The summed E-state index contributed by atoms with van der Waals surface area (Å²) in [6.07, 6.45) is 3.58. The first kappa shape index (κ1) is 16.2. The minimum atomic E-state index is -3.61. The van der Waals surface area contributed by atoms with Crippen LogP contribution in [0.1, 0.15) is 12.0 Å². The summed E-state index contributed by atoms with van der Waals surface area (Å²) in [7, 11) is -3.61. The van der Waals surface area contributed by atoms with E-state index in [9.17, 15) is 17.9 Å². The molecule has 3 rings (SSSR count). The van der Waals surface area contributed by atoms with Gasteiger partial charge in [0.2, 0.25) is 10.0 Å². The molecule has 0 saturated carbocycles. The lowest BCUT2D eigenvalue weighted by Crippen LogP contribution is -2.35. The Morgan fingerprint density at radius 3 is 2.61 bits per heavy atom. The molecule has 7 heteroatoms. The molecular formula is C16H18FNO4S. The second-order valence-electron chi connectivity index (χ2n) is 6.01. The molecule has 1 aromatic carbocycles. The van der Waals surface area contributed by atoms with Crippen LogP contribution < -0.4 is 0 Å². The third-order valence-corrected chi connectivity index (χ3v) is 6.18. The smallest absolute Gasteiger partial charge is 0.246 e. The van der Waals surface area contributed by atoms with Crippen LogP contribution in [0.15, 0.2) is 52.2 Å². The number of hydrogen-bond acceptors (Lipinski definition) is 4. The number of sulfonamides is 1. The molecule has 2 aromatic rings. The van der Waals surface area contributed by atoms with E-state index in [0.29, 0.717) is 19.4 Å². The Kier molecular flexibility index (Phi) is 4.27. The van der Waals surface area contributed by atoms with Crippen LogP contribution in [0.25, 0.3) is 0 Å². The van der Waals surface area contributed by atoms with Crippen LogP contribution in [0.4, 0.5) is 4.39 Å². The van der Waals surface area contributed by atoms with E-state index in [1.54, 1.807) is 12.1 Å². The minimum absolute atomic E-state index is 0.119. The Morgan fingerprint density at radius 2 is 2.00 bits per heavy atom. The summed E-state index contributed by atoms with van der Waals surface area (Å²) in [6.45, 7) is 0.450. The Balaban J connectivity index is 1.79. The topological polar surface area (TPSA) is 70.8 Å². The monoisotopic (exact) mass is 339 g/mol. The van der Waals surface area contributed by atoms with E-state index in [-0.39, 0.29) is 23.9 Å². The highest BCUT2D eigenvalue weighted by molar-refractivity contribution is 7.89. The molecule has 1 aliphatic heterocycles. The average Bonchev–Trinajstić information content (AvgIpc) is 3.20. The molecule has 1 N–H and O–H groups in total. The molecule has 0 amide bonds. The average molecular weight is 339 g/mol. The van der Waals surface area contributed by atoms with Gasteiger partial charge in [0.25, 0.3) is 0 Å². The molecule has 1 unspecified atom stereocenters. The van der Waals surface area contributed by atoms with Gasteiger partial charge in [0.05, 0.1) is 12.9 Å². The molecule has 1 aliphatic rings. The van der Waals surface area contributed by atoms with Crippen molar-refractivity contribution in [2.75, 3.05) is 19.7 Å². The quantitative estimate of drug-likeness (QED) is 0.905. The van der Waals surface area contributed by atoms with Crippen LogP contribution >= 0.6 is 0 Å². The third-order valence-electron chi connectivity index (χ3n) is 4.36. The Bertz CT molecular complexity index is 758. The van der Waals surface area contributed by atoms with Gasteiger partial charge in [-0.25, -0.2) is 12.8 Å². The predicted octanol–water partition coefficient (Wildman–Crippen LogP) is 2.03. The number of halogens is 1. The van der Waals surface area contributed by atoms with E-state index in [1.165, 1.54) is 35.0 Å². The van der Waals surface area contributed by atoms with Crippen molar-refractivity contribution in [2.45, 2.75) is 17.7 Å². The number of rotatable bonds is 5. The van der Waals surface area contributed by atoms with Crippen molar-refractivity contribution in [2.24, 2.45) is 5.41 Å². The summed E-state index contributed by atoms with van der Waals surface area (Å²) in [5.41, 5.74) is 0.331. The summed E-state index contributed by atoms with van der Waals surface area (Å²) in [5.74, 6) is -0.317. The van der Waals surface area contributed by atoms with Crippen molar-refractivity contribution in [3.05, 3.63) is 54.2 Å². The van der Waals surface area contributed by atoms with Gasteiger partial charge in [0.1, 0.15) is 17.0 Å². The van der Waals surface area contributed by atoms with Gasteiger partial charge in [-0.15, -0.1) is 0 Å². The first-order valence-electron chi connectivity index (χ1n) is 7.33. The lowest BCUT2D eigenvalue weighted by atomic mass is 9.82. The van der Waals surface area contributed by atoms with E-state index >= 15 is 0 Å². The van der Waals surface area contributed by atoms with E-state index < -0.39 is 15.4 Å². The molecule has 0 aliphatic carbocycles. The summed E-state index contributed by atoms with van der Waals surface area (Å²) in [4.78, 5) is 0.119. The molecule has 0 radical (unpaired) electrons. The minimum Gasteiger partial charge on any atom is -0.471 e. The molecule has 0 spiro atoms. The van der Waals surface area contributed by atoms with E-state index in [4.69, 9.17) is 4.42 Å². The zero-order valence-electron chi connectivity index (χ0n) is 12.5. The third kappa shape index (κ3) is 3.17. The second kappa shape index (κ2) is 6.07. The molecule has 1 fully saturated rings. The van der Waals surface area contributed by atoms with Gasteiger partial charge < -0.3 is 9.52 Å². The van der Waals surface area contributed by atoms with Crippen LogP contribution in [0.2, 0.25) is 0 Å². The van der Waals surface area contributed by atoms with E-state index in [0.717, 1.165) is 5.56 Å². The van der Waals surface area contributed by atoms with Gasteiger partial charge in [-0.05, 0) is 36.6 Å². The van der Waals surface area contributed by atoms with E-state index in [2.05, 4.69) is 0 Å². The van der Waals surface area contributed by atoms with Crippen LogP contribution in [0.5, 0.6) is 0 Å². The fraction of sp³-hybridized carbons (Fsp3) is 0.375. The van der Waals surface area contributed by atoms with Crippen LogP contribution in [0.3, 0.4) is 0 Å². The predicted molar refractivity (Wildman–Crippen MR) is 81.7 cm³/mol. The first-order valence-corrected chi connectivity index (χ1v) is 8.77. The largest absolute Gasteiger partial charge is 0.471 e. The lowest BCUT2D eigenvalue weighted by molar-refractivity contribution is 0.137. The van der Waals surface area contributed by atoms with Gasteiger partial charge >= 0.3 is 0 Å². The molecule has 5 nitrogen and oxygen atoms in total. The van der Waals surface area contributed by atoms with Gasteiger partial charge in [-0.2, -0.15) is 4.31 Å².